The van der Waals surface area contributed by atoms with E-state index < -0.39 is 8.59 Å². The third kappa shape index (κ3) is 7.96. The van der Waals surface area contributed by atoms with Crippen molar-refractivity contribution in [1.29, 1.82) is 0 Å². The molecule has 4 nitrogen and oxygen atoms in total. The number of aromatic nitrogens is 4. The molecule has 8 rings (SSSR count). The lowest BCUT2D eigenvalue weighted by atomic mass is 10.1. The Morgan fingerprint density at radius 3 is 0.761 bits per heavy atom. The van der Waals surface area contributed by atoms with Gasteiger partial charge in [-0.25, -0.2) is 19.9 Å². The monoisotopic (exact) mass is 796 g/mol. The van der Waals surface area contributed by atoms with E-state index in [1.54, 1.807) is 45.3 Å². The van der Waals surface area contributed by atoms with Gasteiger partial charge in [0.15, 0.2) is 8.59 Å². The molecule has 0 unspecified atom stereocenters. The number of fused-ring (bicyclic) bond motifs is 4. The summed E-state index contributed by atoms with van der Waals surface area (Å²) in [6.45, 7) is 0. The summed E-state index contributed by atoms with van der Waals surface area (Å²) in [6.07, 6.45) is 0. The van der Waals surface area contributed by atoms with E-state index >= 15 is 0 Å². The minimum Gasteiger partial charge on any atom is -0.236 e. The summed E-state index contributed by atoms with van der Waals surface area (Å²) in [4.78, 5) is 20.5. The molecular formula is C32H18Cl6N4S4. The summed E-state index contributed by atoms with van der Waals surface area (Å²) < 4.78 is 3.09. The molecule has 46 heavy (non-hydrogen) atoms. The third-order valence-corrected chi connectivity index (χ3v) is 10.5. The first-order chi connectivity index (χ1) is 22.3. The van der Waals surface area contributed by atoms with Gasteiger partial charge in [0.25, 0.3) is 0 Å². The zero-order valence-corrected chi connectivity index (χ0v) is 30.9. The molecule has 0 aliphatic rings. The highest BCUT2D eigenvalue weighted by atomic mass is 35.6. The normalized spacial score (nSPS) is 11.2. The molecule has 4 aromatic heterocycles. The molecule has 0 bridgehead atoms. The summed E-state index contributed by atoms with van der Waals surface area (Å²) in [5.41, 5.74) is 5.92. The van der Waals surface area contributed by atoms with Gasteiger partial charge in [0, 0.05) is 0 Å². The lowest BCUT2D eigenvalue weighted by Gasteiger charge is -2.08. The van der Waals surface area contributed by atoms with Crippen molar-refractivity contribution in [3.63, 3.8) is 0 Å². The number of benzene rings is 4. The summed E-state index contributed by atoms with van der Waals surface area (Å²) in [6, 6.07) is 33.2. The van der Waals surface area contributed by atoms with Crippen LogP contribution in [0.25, 0.3) is 52.0 Å². The van der Waals surface area contributed by atoms with Crippen molar-refractivity contribution in [3.05, 3.63) is 117 Å². The summed E-state index contributed by atoms with van der Waals surface area (Å²) in [5, 5.41) is 3.72. The van der Waals surface area contributed by atoms with Crippen LogP contribution in [-0.2, 0) is 0 Å². The number of hydrogen-bond donors (Lipinski definition) is 0. The van der Waals surface area contributed by atoms with E-state index in [0.717, 1.165) is 72.0 Å². The maximum atomic E-state index is 5.12. The molecule has 0 spiro atoms. The van der Waals surface area contributed by atoms with E-state index in [1.165, 1.54) is 0 Å². The second-order valence-electron chi connectivity index (χ2n) is 9.19. The van der Waals surface area contributed by atoms with Crippen molar-refractivity contribution in [1.82, 2.24) is 19.9 Å². The molecule has 8 aromatic rings. The van der Waals surface area contributed by atoms with Crippen molar-refractivity contribution in [2.24, 2.45) is 0 Å². The molecule has 0 N–H and O–H groups in total. The van der Waals surface area contributed by atoms with Gasteiger partial charge in [0.2, 0.25) is 0 Å². The topological polar surface area (TPSA) is 51.6 Å². The highest BCUT2D eigenvalue weighted by Crippen LogP contribution is 2.45. The van der Waals surface area contributed by atoms with Gasteiger partial charge < -0.3 is 0 Å². The average molecular weight is 800 g/mol. The zero-order chi connectivity index (χ0) is 32.2. The predicted octanol–water partition coefficient (Wildman–Crippen LogP) is 13.1. The molecule has 0 saturated heterocycles. The van der Waals surface area contributed by atoms with E-state index in [2.05, 4.69) is 72.8 Å². The van der Waals surface area contributed by atoms with E-state index in [0.29, 0.717) is 0 Å². The number of nitrogens with zero attached hydrogens (tertiary/aromatic N) is 4. The summed E-state index contributed by atoms with van der Waals surface area (Å²) in [5.74, 6) is 0. The maximum absolute atomic E-state index is 5.12. The third-order valence-electron chi connectivity index (χ3n) is 6.28. The second kappa shape index (κ2) is 15.4. The van der Waals surface area contributed by atoms with Gasteiger partial charge in [-0.15, -0.1) is 45.3 Å². The highest BCUT2D eigenvalue weighted by Gasteiger charge is 2.26. The van der Waals surface area contributed by atoms with Crippen molar-refractivity contribution in [3.8, 4) is 0 Å². The van der Waals surface area contributed by atoms with Crippen LogP contribution in [0.4, 0.5) is 0 Å². The van der Waals surface area contributed by atoms with Gasteiger partial charge >= 0.3 is 0 Å². The number of thiazole rings is 4. The van der Waals surface area contributed by atoms with Crippen LogP contribution in [0.3, 0.4) is 0 Å². The molecule has 0 radical (unpaired) electrons. The lowest BCUT2D eigenvalue weighted by molar-refractivity contribution is 1.35. The average Bonchev–Trinajstić information content (AvgIpc) is 3.82. The van der Waals surface area contributed by atoms with Crippen molar-refractivity contribution < 1.29 is 0 Å². The van der Waals surface area contributed by atoms with Gasteiger partial charge in [-0.05, 0) is 48.5 Å². The van der Waals surface area contributed by atoms with Gasteiger partial charge in [-0.2, -0.15) is 0 Å². The largest absolute Gasteiger partial charge is 0.236 e. The van der Waals surface area contributed by atoms with Crippen LogP contribution in [0, 0.1) is 0 Å². The molecule has 4 heterocycles. The molecule has 0 fully saturated rings. The van der Waals surface area contributed by atoms with E-state index in [-0.39, 0.29) is 0 Å². The van der Waals surface area contributed by atoms with Gasteiger partial charge in [0.05, 0.1) is 52.0 Å². The minimum absolute atomic E-state index is 0.750. The molecule has 232 valence electrons. The van der Waals surface area contributed by atoms with Crippen LogP contribution in [0.15, 0.2) is 97.1 Å². The quantitative estimate of drug-likeness (QED) is 0.166. The zero-order valence-electron chi connectivity index (χ0n) is 23.1. The fraction of sp³-hybridized carbons (Fsp3) is 0.0625. The molecule has 0 aliphatic carbocycles. The Morgan fingerprint density at radius 1 is 0.370 bits per heavy atom. The van der Waals surface area contributed by atoms with Gasteiger partial charge in [-0.1, -0.05) is 118 Å². The molecule has 0 aliphatic heterocycles. The Kier molecular flexibility index (Phi) is 11.3. The minimum atomic E-state index is -0.750. The lowest BCUT2D eigenvalue weighted by Crippen LogP contribution is -1.96. The first kappa shape index (κ1) is 33.8. The highest BCUT2D eigenvalue weighted by molar-refractivity contribution is 7.24. The fourth-order valence-corrected chi connectivity index (χ4v) is 8.73. The first-order valence-corrected chi connectivity index (χ1v) is 19.2. The SMILES string of the molecule is ClC(Cl)Cl.ClC(Cl)Cl.c1ccc2sc(C(=C(c3nc4ccccc4s3)c3nc4ccccc4s3)c3nc4ccccc4s3)nc2c1. The molecular weight excluding hydrogens is 781 g/mol. The summed E-state index contributed by atoms with van der Waals surface area (Å²) in [7, 11) is 0. The number of para-hydroxylation sites is 4. The summed E-state index contributed by atoms with van der Waals surface area (Å²) >= 11 is 35.6. The Labute approximate surface area is 309 Å². The molecule has 0 saturated carbocycles. The van der Waals surface area contributed by atoms with E-state index in [9.17, 15) is 0 Å². The van der Waals surface area contributed by atoms with Crippen LogP contribution >= 0.6 is 115 Å². The van der Waals surface area contributed by atoms with Crippen molar-refractivity contribution >= 4 is 167 Å². The van der Waals surface area contributed by atoms with E-state index in [4.69, 9.17) is 89.5 Å². The van der Waals surface area contributed by atoms with Crippen LogP contribution in [-0.4, -0.2) is 28.5 Å². The maximum Gasteiger partial charge on any atom is 0.180 e. The Bertz CT molecular complexity index is 1840. The standard InChI is InChI=1S/C30H16N4S4.2CHCl3/c1-5-13-21-17(9-1)31-27(35-21)25(28-32-18-10-2-6-14-22(18)36-28)26(29-33-19-11-3-7-15-23(19)37-29)30-34-20-12-4-8-16-24(20)38-30;2*2-1(3)4/h1-16H;2*1H. The number of rotatable bonds is 4. The Hall–Kier alpha value is -2.08. The van der Waals surface area contributed by atoms with Gasteiger partial charge in [-0.3, -0.25) is 0 Å². The van der Waals surface area contributed by atoms with Gasteiger partial charge in [0.1, 0.15) is 20.0 Å². The fourth-order valence-electron chi connectivity index (χ4n) is 4.53. The second-order valence-corrected chi connectivity index (χ2v) is 17.3. The van der Waals surface area contributed by atoms with E-state index in [1.807, 2.05) is 24.3 Å². The number of hydrogen-bond acceptors (Lipinski definition) is 8. The Morgan fingerprint density at radius 2 is 0.565 bits per heavy atom. The van der Waals surface area contributed by atoms with Crippen LogP contribution in [0.1, 0.15) is 20.0 Å². The first-order valence-electron chi connectivity index (χ1n) is 13.3. The Balaban J connectivity index is 0.000000420. The molecule has 0 atom stereocenters. The number of alkyl halides is 6. The van der Waals surface area contributed by atoms with Crippen molar-refractivity contribution in [2.75, 3.05) is 0 Å². The molecule has 14 heteroatoms. The van der Waals surface area contributed by atoms with Crippen molar-refractivity contribution in [2.45, 2.75) is 8.59 Å². The van der Waals surface area contributed by atoms with Crippen LogP contribution in [0.2, 0.25) is 0 Å². The van der Waals surface area contributed by atoms with Crippen LogP contribution < -0.4 is 0 Å². The molecule has 4 aromatic carbocycles. The predicted molar refractivity (Wildman–Crippen MR) is 206 cm³/mol. The number of halogens is 6. The van der Waals surface area contributed by atoms with Crippen LogP contribution in [0.5, 0.6) is 0 Å². The smallest absolute Gasteiger partial charge is 0.180 e. The molecule has 0 amide bonds.